The van der Waals surface area contributed by atoms with Crippen molar-refractivity contribution in [1.29, 1.82) is 5.26 Å². The van der Waals surface area contributed by atoms with Gasteiger partial charge in [-0.15, -0.1) is 0 Å². The minimum absolute atomic E-state index is 0.196. The van der Waals surface area contributed by atoms with Crippen molar-refractivity contribution in [1.82, 2.24) is 0 Å². The summed E-state index contributed by atoms with van der Waals surface area (Å²) in [5, 5.41) is 12.2. The van der Waals surface area contributed by atoms with E-state index in [-0.39, 0.29) is 17.5 Å². The fourth-order valence-electron chi connectivity index (χ4n) is 1.59. The molecule has 0 aliphatic rings. The molecule has 4 nitrogen and oxygen atoms in total. The quantitative estimate of drug-likeness (QED) is 0.929. The zero-order valence-corrected chi connectivity index (χ0v) is 12.3. The second kappa shape index (κ2) is 6.98. The van der Waals surface area contributed by atoms with E-state index in [1.54, 1.807) is 36.4 Å². The van der Waals surface area contributed by atoms with E-state index < -0.39 is 0 Å². The standard InChI is InChI=1S/C15H10Cl2N2O2/c16-11-2-1-3-12(7-11)19-15(20)9-21-14-5-4-10(8-18)6-13(14)17/h1-7H,9H2,(H,19,20). The molecule has 0 spiro atoms. The number of rotatable bonds is 4. The van der Waals surface area contributed by atoms with Crippen molar-refractivity contribution in [3.8, 4) is 11.8 Å². The van der Waals surface area contributed by atoms with Crippen molar-refractivity contribution in [3.05, 3.63) is 58.1 Å². The van der Waals surface area contributed by atoms with E-state index in [0.29, 0.717) is 22.0 Å². The maximum absolute atomic E-state index is 11.8. The Balaban J connectivity index is 1.94. The molecule has 0 heterocycles. The third-order valence-electron chi connectivity index (χ3n) is 2.53. The number of carbonyl (C=O) groups excluding carboxylic acids is 1. The van der Waals surface area contributed by atoms with E-state index in [9.17, 15) is 4.79 Å². The van der Waals surface area contributed by atoms with Gasteiger partial charge in [-0.25, -0.2) is 0 Å². The molecule has 0 atom stereocenters. The topological polar surface area (TPSA) is 62.1 Å². The molecule has 0 saturated carbocycles. The molecule has 1 N–H and O–H groups in total. The van der Waals surface area contributed by atoms with Crippen LogP contribution in [0.2, 0.25) is 10.0 Å². The summed E-state index contributed by atoms with van der Waals surface area (Å²) < 4.78 is 5.31. The molecule has 2 rings (SSSR count). The normalized spacial score (nSPS) is 9.76. The van der Waals surface area contributed by atoms with Crippen molar-refractivity contribution in [2.45, 2.75) is 0 Å². The summed E-state index contributed by atoms with van der Waals surface area (Å²) in [6, 6.07) is 13.4. The molecule has 6 heteroatoms. The number of ether oxygens (including phenoxy) is 1. The van der Waals surface area contributed by atoms with Gasteiger partial charge >= 0.3 is 0 Å². The molecule has 2 aromatic rings. The summed E-state index contributed by atoms with van der Waals surface area (Å²) in [7, 11) is 0. The van der Waals surface area contributed by atoms with Crippen LogP contribution in [0.25, 0.3) is 0 Å². The van der Waals surface area contributed by atoms with E-state index >= 15 is 0 Å². The largest absolute Gasteiger partial charge is 0.482 e. The molecule has 0 bridgehead atoms. The van der Waals surface area contributed by atoms with Crippen molar-refractivity contribution < 1.29 is 9.53 Å². The summed E-state index contributed by atoms with van der Waals surface area (Å²) in [6.45, 7) is -0.196. The number of amides is 1. The van der Waals surface area contributed by atoms with Crippen LogP contribution < -0.4 is 10.1 Å². The lowest BCUT2D eigenvalue weighted by atomic mass is 10.2. The van der Waals surface area contributed by atoms with Gasteiger partial charge in [0, 0.05) is 10.7 Å². The minimum atomic E-state index is -0.335. The fraction of sp³-hybridized carbons (Fsp3) is 0.0667. The molecule has 0 aromatic heterocycles. The first-order valence-corrected chi connectivity index (χ1v) is 6.72. The number of nitrogens with zero attached hydrogens (tertiary/aromatic N) is 1. The van der Waals surface area contributed by atoms with Gasteiger partial charge in [0.15, 0.2) is 6.61 Å². The first-order chi connectivity index (χ1) is 10.1. The van der Waals surface area contributed by atoms with E-state index in [0.717, 1.165) is 0 Å². The molecule has 0 saturated heterocycles. The van der Waals surface area contributed by atoms with Crippen LogP contribution in [0.3, 0.4) is 0 Å². The number of anilines is 1. The number of benzene rings is 2. The highest BCUT2D eigenvalue weighted by Gasteiger charge is 2.07. The average molecular weight is 321 g/mol. The minimum Gasteiger partial charge on any atom is -0.482 e. The van der Waals surface area contributed by atoms with Crippen LogP contribution in [0.5, 0.6) is 5.75 Å². The Bertz CT molecular complexity index is 711. The zero-order chi connectivity index (χ0) is 15.2. The smallest absolute Gasteiger partial charge is 0.262 e. The number of nitriles is 1. The van der Waals surface area contributed by atoms with Crippen molar-refractivity contribution in [2.75, 3.05) is 11.9 Å². The number of nitrogens with one attached hydrogen (secondary N) is 1. The second-order valence-electron chi connectivity index (χ2n) is 4.10. The Morgan fingerprint density at radius 2 is 2.05 bits per heavy atom. The Morgan fingerprint density at radius 3 is 2.71 bits per heavy atom. The van der Waals surface area contributed by atoms with Gasteiger partial charge in [0.2, 0.25) is 0 Å². The van der Waals surface area contributed by atoms with Crippen LogP contribution in [0.1, 0.15) is 5.56 Å². The third-order valence-corrected chi connectivity index (χ3v) is 3.06. The predicted octanol–water partition coefficient (Wildman–Crippen LogP) is 3.88. The third kappa shape index (κ3) is 4.38. The monoisotopic (exact) mass is 320 g/mol. The van der Waals surface area contributed by atoms with Gasteiger partial charge in [-0.1, -0.05) is 29.3 Å². The van der Waals surface area contributed by atoms with Gasteiger partial charge in [0.25, 0.3) is 5.91 Å². The number of halogens is 2. The molecule has 21 heavy (non-hydrogen) atoms. The highest BCUT2D eigenvalue weighted by Crippen LogP contribution is 2.25. The van der Waals surface area contributed by atoms with Crippen molar-refractivity contribution >= 4 is 34.8 Å². The first kappa shape index (κ1) is 15.2. The maximum Gasteiger partial charge on any atom is 0.262 e. The summed E-state index contributed by atoms with van der Waals surface area (Å²) in [5.74, 6) is 0.00889. The summed E-state index contributed by atoms with van der Waals surface area (Å²) >= 11 is 11.8. The molecule has 0 unspecified atom stereocenters. The van der Waals surface area contributed by atoms with Crippen LogP contribution >= 0.6 is 23.2 Å². The molecular weight excluding hydrogens is 311 g/mol. The van der Waals surface area contributed by atoms with Gasteiger partial charge in [-0.2, -0.15) is 5.26 Å². The molecule has 0 aliphatic carbocycles. The number of hydrogen-bond donors (Lipinski definition) is 1. The molecule has 0 aliphatic heterocycles. The van der Waals surface area contributed by atoms with Crippen molar-refractivity contribution in [3.63, 3.8) is 0 Å². The first-order valence-electron chi connectivity index (χ1n) is 5.96. The van der Waals surface area contributed by atoms with Crippen LogP contribution in [0, 0.1) is 11.3 Å². The van der Waals surface area contributed by atoms with Gasteiger partial charge < -0.3 is 10.1 Å². The van der Waals surface area contributed by atoms with Gasteiger partial charge in [0.1, 0.15) is 5.75 Å². The van der Waals surface area contributed by atoms with E-state index in [1.165, 1.54) is 6.07 Å². The lowest BCUT2D eigenvalue weighted by Gasteiger charge is -2.09. The average Bonchev–Trinajstić information content (AvgIpc) is 2.46. The highest BCUT2D eigenvalue weighted by molar-refractivity contribution is 6.32. The summed E-state index contributed by atoms with van der Waals surface area (Å²) in [5.41, 5.74) is 1.01. The molecule has 106 valence electrons. The number of carbonyl (C=O) groups is 1. The molecule has 0 fully saturated rings. The zero-order valence-electron chi connectivity index (χ0n) is 10.8. The van der Waals surface area contributed by atoms with E-state index in [2.05, 4.69) is 5.32 Å². The van der Waals surface area contributed by atoms with Gasteiger partial charge in [-0.3, -0.25) is 4.79 Å². The van der Waals surface area contributed by atoms with E-state index in [4.69, 9.17) is 33.2 Å². The Kier molecular flexibility index (Phi) is 5.04. The molecule has 2 aromatic carbocycles. The highest BCUT2D eigenvalue weighted by atomic mass is 35.5. The number of hydrogen-bond acceptors (Lipinski definition) is 3. The van der Waals surface area contributed by atoms with Crippen LogP contribution in [0.4, 0.5) is 5.69 Å². The predicted molar refractivity (Wildman–Crippen MR) is 81.7 cm³/mol. The van der Waals surface area contributed by atoms with Crippen LogP contribution in [-0.2, 0) is 4.79 Å². The molecule has 0 radical (unpaired) electrons. The summed E-state index contributed by atoms with van der Waals surface area (Å²) in [4.78, 5) is 11.8. The lowest BCUT2D eigenvalue weighted by Crippen LogP contribution is -2.20. The van der Waals surface area contributed by atoms with Crippen molar-refractivity contribution in [2.24, 2.45) is 0 Å². The molecule has 1 amide bonds. The lowest BCUT2D eigenvalue weighted by molar-refractivity contribution is -0.118. The Labute approximate surface area is 131 Å². The van der Waals surface area contributed by atoms with E-state index in [1.807, 2.05) is 6.07 Å². The second-order valence-corrected chi connectivity index (χ2v) is 4.95. The fourth-order valence-corrected chi connectivity index (χ4v) is 2.02. The SMILES string of the molecule is N#Cc1ccc(OCC(=O)Nc2cccc(Cl)c2)c(Cl)c1. The summed E-state index contributed by atoms with van der Waals surface area (Å²) in [6.07, 6.45) is 0. The maximum atomic E-state index is 11.8. The van der Waals surface area contributed by atoms with Gasteiger partial charge in [0.05, 0.1) is 16.7 Å². The van der Waals surface area contributed by atoms with Gasteiger partial charge in [-0.05, 0) is 36.4 Å². The molecular formula is C15H10Cl2N2O2. The Hall–Kier alpha value is -2.22. The van der Waals surface area contributed by atoms with Crippen LogP contribution in [0.15, 0.2) is 42.5 Å². The van der Waals surface area contributed by atoms with Crippen LogP contribution in [-0.4, -0.2) is 12.5 Å². The Morgan fingerprint density at radius 1 is 1.24 bits per heavy atom.